The first-order valence-electron chi connectivity index (χ1n) is 11.1. The van der Waals surface area contributed by atoms with Gasteiger partial charge in [-0.15, -0.1) is 0 Å². The van der Waals surface area contributed by atoms with Crippen LogP contribution in [0.25, 0.3) is 5.76 Å². The van der Waals surface area contributed by atoms with E-state index in [0.717, 1.165) is 11.1 Å². The number of nitrogens with zero attached hydrogens (tertiary/aromatic N) is 1. The van der Waals surface area contributed by atoms with E-state index in [4.69, 9.17) is 14.2 Å². The number of hydrogen-bond donors (Lipinski definition) is 1. The number of carbonyl (C=O) groups excluding carboxylic acids is 2. The fourth-order valence-electron chi connectivity index (χ4n) is 4.39. The molecule has 1 unspecified atom stereocenters. The second kappa shape index (κ2) is 9.54. The van der Waals surface area contributed by atoms with Crippen LogP contribution in [0.2, 0.25) is 0 Å². The lowest BCUT2D eigenvalue weighted by atomic mass is 9.94. The number of aryl methyl sites for hydroxylation is 2. The minimum absolute atomic E-state index is 0.0346. The fraction of sp³-hybridized carbons (Fsp3) is 0.214. The highest BCUT2D eigenvalue weighted by atomic mass is 16.5. The van der Waals surface area contributed by atoms with Crippen LogP contribution in [-0.2, 0) is 9.59 Å². The number of ether oxygens (including phenoxy) is 3. The van der Waals surface area contributed by atoms with Gasteiger partial charge in [0, 0.05) is 16.8 Å². The van der Waals surface area contributed by atoms with Gasteiger partial charge >= 0.3 is 0 Å². The minimum Gasteiger partial charge on any atom is -0.507 e. The lowest BCUT2D eigenvalue weighted by Gasteiger charge is -2.28. The van der Waals surface area contributed by atoms with Crippen molar-refractivity contribution in [2.24, 2.45) is 0 Å². The Labute approximate surface area is 204 Å². The SMILES string of the molecule is COc1ccc(/C(O)=C2\C(=O)C(=O)N(c3cc(C)ccc3C)C2c2ccccc2OC)cc1OC. The van der Waals surface area contributed by atoms with E-state index >= 15 is 0 Å². The van der Waals surface area contributed by atoms with Crippen LogP contribution in [0, 0.1) is 13.8 Å². The summed E-state index contributed by atoms with van der Waals surface area (Å²) in [6.07, 6.45) is 0. The topological polar surface area (TPSA) is 85.3 Å². The molecule has 0 spiro atoms. The Hall–Kier alpha value is -4.26. The number of Topliss-reactive ketones (excluding diaryl/α,β-unsaturated/α-hetero) is 1. The molecular weight excluding hydrogens is 446 g/mol. The lowest BCUT2D eigenvalue weighted by Crippen LogP contribution is -2.30. The van der Waals surface area contributed by atoms with Crippen molar-refractivity contribution in [1.29, 1.82) is 0 Å². The van der Waals surface area contributed by atoms with E-state index in [1.54, 1.807) is 42.5 Å². The van der Waals surface area contributed by atoms with Crippen molar-refractivity contribution in [3.8, 4) is 17.2 Å². The number of para-hydroxylation sites is 1. The molecule has 4 rings (SSSR count). The van der Waals surface area contributed by atoms with Gasteiger partial charge in [0.15, 0.2) is 11.5 Å². The van der Waals surface area contributed by atoms with E-state index in [0.29, 0.717) is 34.1 Å². The van der Waals surface area contributed by atoms with Gasteiger partial charge < -0.3 is 19.3 Å². The summed E-state index contributed by atoms with van der Waals surface area (Å²) >= 11 is 0. The summed E-state index contributed by atoms with van der Waals surface area (Å²) in [4.78, 5) is 28.4. The van der Waals surface area contributed by atoms with E-state index in [1.165, 1.54) is 26.2 Å². The summed E-state index contributed by atoms with van der Waals surface area (Å²) in [7, 11) is 4.52. The van der Waals surface area contributed by atoms with Crippen LogP contribution in [0.3, 0.4) is 0 Å². The third-order valence-corrected chi connectivity index (χ3v) is 6.16. The Morgan fingerprint density at radius 2 is 1.51 bits per heavy atom. The van der Waals surface area contributed by atoms with Crippen molar-refractivity contribution >= 4 is 23.1 Å². The Balaban J connectivity index is 2.01. The van der Waals surface area contributed by atoms with E-state index in [9.17, 15) is 14.7 Å². The third-order valence-electron chi connectivity index (χ3n) is 6.16. The second-order valence-corrected chi connectivity index (χ2v) is 8.27. The number of benzene rings is 3. The predicted octanol–water partition coefficient (Wildman–Crippen LogP) is 4.96. The van der Waals surface area contributed by atoms with Crippen LogP contribution in [0.5, 0.6) is 17.2 Å². The van der Waals surface area contributed by atoms with E-state index in [1.807, 2.05) is 32.0 Å². The Morgan fingerprint density at radius 3 is 2.20 bits per heavy atom. The van der Waals surface area contributed by atoms with Crippen molar-refractivity contribution in [2.75, 3.05) is 26.2 Å². The molecular formula is C28H27NO6. The van der Waals surface area contributed by atoms with Gasteiger partial charge in [-0.25, -0.2) is 0 Å². The zero-order chi connectivity index (χ0) is 25.3. The lowest BCUT2D eigenvalue weighted by molar-refractivity contribution is -0.132. The smallest absolute Gasteiger partial charge is 0.300 e. The summed E-state index contributed by atoms with van der Waals surface area (Å²) in [6, 6.07) is 16.8. The molecule has 0 aliphatic carbocycles. The Morgan fingerprint density at radius 1 is 0.829 bits per heavy atom. The van der Waals surface area contributed by atoms with E-state index in [-0.39, 0.29) is 11.3 Å². The molecule has 1 fully saturated rings. The molecule has 0 bridgehead atoms. The van der Waals surface area contributed by atoms with Crippen molar-refractivity contribution in [2.45, 2.75) is 19.9 Å². The quantitative estimate of drug-likeness (QED) is 0.310. The van der Waals surface area contributed by atoms with Gasteiger partial charge in [0.1, 0.15) is 11.5 Å². The molecule has 0 aromatic heterocycles. The number of hydrogen-bond acceptors (Lipinski definition) is 6. The number of aliphatic hydroxyl groups is 1. The molecule has 1 aliphatic rings. The van der Waals surface area contributed by atoms with Crippen LogP contribution in [0.15, 0.2) is 66.2 Å². The molecule has 0 saturated carbocycles. The number of anilines is 1. The normalized spacial score (nSPS) is 16.9. The number of aliphatic hydroxyl groups excluding tert-OH is 1. The van der Waals surface area contributed by atoms with Gasteiger partial charge in [-0.2, -0.15) is 0 Å². The molecule has 1 atom stereocenters. The molecule has 1 N–H and O–H groups in total. The fourth-order valence-corrected chi connectivity index (χ4v) is 4.39. The summed E-state index contributed by atoms with van der Waals surface area (Å²) in [5, 5.41) is 11.4. The van der Waals surface area contributed by atoms with Gasteiger partial charge in [0.25, 0.3) is 11.7 Å². The number of rotatable bonds is 6. The molecule has 1 saturated heterocycles. The Kier molecular flexibility index (Phi) is 6.51. The van der Waals surface area contributed by atoms with Crippen LogP contribution in [0.1, 0.15) is 28.3 Å². The number of methoxy groups -OCH3 is 3. The first-order valence-corrected chi connectivity index (χ1v) is 11.1. The number of amides is 1. The van der Waals surface area contributed by atoms with Gasteiger partial charge in [0.2, 0.25) is 0 Å². The maximum atomic E-state index is 13.5. The Bertz CT molecular complexity index is 1340. The highest BCUT2D eigenvalue weighted by Crippen LogP contribution is 2.46. The average molecular weight is 474 g/mol. The molecule has 1 heterocycles. The van der Waals surface area contributed by atoms with Crippen LogP contribution in [0.4, 0.5) is 5.69 Å². The second-order valence-electron chi connectivity index (χ2n) is 8.27. The van der Waals surface area contributed by atoms with Crippen molar-refractivity contribution in [3.63, 3.8) is 0 Å². The van der Waals surface area contributed by atoms with E-state index in [2.05, 4.69) is 0 Å². The first-order chi connectivity index (χ1) is 16.8. The standard InChI is InChI=1S/C28H27NO6/c1-16-10-11-17(2)20(14-16)29-25(19-8-6-7-9-21(19)33-3)24(27(31)28(29)32)26(30)18-12-13-22(34-4)23(15-18)35-5/h6-15,25,30H,1-5H3/b26-24+. The number of ketones is 1. The predicted molar refractivity (Wildman–Crippen MR) is 133 cm³/mol. The molecule has 180 valence electrons. The summed E-state index contributed by atoms with van der Waals surface area (Å²) in [6.45, 7) is 3.79. The van der Waals surface area contributed by atoms with E-state index < -0.39 is 17.7 Å². The maximum absolute atomic E-state index is 13.5. The summed E-state index contributed by atoms with van der Waals surface area (Å²) < 4.78 is 16.2. The zero-order valence-electron chi connectivity index (χ0n) is 20.3. The van der Waals surface area contributed by atoms with Gasteiger partial charge in [-0.3, -0.25) is 14.5 Å². The van der Waals surface area contributed by atoms with Crippen LogP contribution in [-0.4, -0.2) is 38.1 Å². The van der Waals surface area contributed by atoms with Gasteiger partial charge in [0.05, 0.1) is 32.9 Å². The van der Waals surface area contributed by atoms with Crippen molar-refractivity contribution < 1.29 is 28.9 Å². The van der Waals surface area contributed by atoms with Crippen LogP contribution >= 0.6 is 0 Å². The molecule has 3 aromatic carbocycles. The zero-order valence-corrected chi connectivity index (χ0v) is 20.3. The number of carbonyl (C=O) groups is 2. The minimum atomic E-state index is -0.903. The van der Waals surface area contributed by atoms with Crippen molar-refractivity contribution in [3.05, 3.63) is 88.5 Å². The third kappa shape index (κ3) is 4.10. The summed E-state index contributed by atoms with van der Waals surface area (Å²) in [5.74, 6) is -0.470. The average Bonchev–Trinajstić information content (AvgIpc) is 3.14. The van der Waals surface area contributed by atoms with Crippen molar-refractivity contribution in [1.82, 2.24) is 0 Å². The molecule has 1 amide bonds. The summed E-state index contributed by atoms with van der Waals surface area (Å²) in [5.41, 5.74) is 3.22. The molecule has 0 radical (unpaired) electrons. The molecule has 1 aliphatic heterocycles. The molecule has 7 heteroatoms. The molecule has 35 heavy (non-hydrogen) atoms. The molecule has 3 aromatic rings. The van der Waals surface area contributed by atoms with Gasteiger partial charge in [-0.05, 0) is 55.3 Å². The molecule has 7 nitrogen and oxygen atoms in total. The van der Waals surface area contributed by atoms with Crippen LogP contribution < -0.4 is 19.1 Å². The highest BCUT2D eigenvalue weighted by molar-refractivity contribution is 6.51. The highest BCUT2D eigenvalue weighted by Gasteiger charge is 2.48. The monoisotopic (exact) mass is 473 g/mol. The van der Waals surface area contributed by atoms with Gasteiger partial charge in [-0.1, -0.05) is 30.3 Å². The largest absolute Gasteiger partial charge is 0.507 e. The maximum Gasteiger partial charge on any atom is 0.300 e. The first kappa shape index (κ1) is 23.9.